The van der Waals surface area contributed by atoms with Crippen LogP contribution in [0.15, 0.2) is 152 Å². The monoisotopic (exact) mass is 600 g/mol. The lowest BCUT2D eigenvalue weighted by molar-refractivity contribution is 0.193. The smallest absolute Gasteiger partial charge is 0.318 e. The molecule has 3 atom stereocenters. The molecule has 43 heavy (non-hydrogen) atoms. The number of hydrogen-bond acceptors (Lipinski definition) is 1. The molecule has 2 amide bonds. The SMILES string of the molecule is CC(NC(=O)N1C[C@@H](P(c2ccccc2)c2ccccc2)C[C@H]1CP(c1ccccc1)c1ccccc1)c1ccccc1. The molecular weight excluding hydrogens is 562 g/mol. The van der Waals surface area contributed by atoms with Crippen molar-refractivity contribution in [2.45, 2.75) is 31.1 Å². The van der Waals surface area contributed by atoms with Crippen molar-refractivity contribution in [3.05, 3.63) is 157 Å². The Morgan fingerprint density at radius 1 is 0.674 bits per heavy atom. The first kappa shape index (κ1) is 29.3. The Morgan fingerprint density at radius 3 is 1.56 bits per heavy atom. The van der Waals surface area contributed by atoms with Crippen LogP contribution < -0.4 is 26.5 Å². The molecule has 0 aromatic heterocycles. The van der Waals surface area contributed by atoms with Crippen LogP contribution in [0.3, 0.4) is 0 Å². The van der Waals surface area contributed by atoms with Gasteiger partial charge in [0.2, 0.25) is 0 Å². The summed E-state index contributed by atoms with van der Waals surface area (Å²) in [4.78, 5) is 16.3. The summed E-state index contributed by atoms with van der Waals surface area (Å²) in [5.74, 6) is 0. The van der Waals surface area contributed by atoms with Crippen LogP contribution in [0.25, 0.3) is 0 Å². The van der Waals surface area contributed by atoms with Gasteiger partial charge < -0.3 is 10.2 Å². The van der Waals surface area contributed by atoms with Gasteiger partial charge in [-0.1, -0.05) is 152 Å². The van der Waals surface area contributed by atoms with Crippen molar-refractivity contribution in [2.24, 2.45) is 0 Å². The molecule has 1 fully saturated rings. The Hall–Kier alpha value is -3.77. The maximum atomic E-state index is 14.2. The molecule has 216 valence electrons. The third-order valence-electron chi connectivity index (χ3n) is 8.26. The number of amides is 2. The van der Waals surface area contributed by atoms with Crippen LogP contribution in [-0.2, 0) is 0 Å². The molecule has 1 saturated heterocycles. The van der Waals surface area contributed by atoms with Crippen molar-refractivity contribution in [1.29, 1.82) is 0 Å². The summed E-state index contributed by atoms with van der Waals surface area (Å²) in [5.41, 5.74) is 1.49. The van der Waals surface area contributed by atoms with Gasteiger partial charge in [0.25, 0.3) is 0 Å². The number of rotatable bonds is 9. The first-order valence-electron chi connectivity index (χ1n) is 15.1. The van der Waals surface area contributed by atoms with Gasteiger partial charge in [-0.15, -0.1) is 0 Å². The number of likely N-dealkylation sites (tertiary alicyclic amines) is 1. The zero-order valence-electron chi connectivity index (χ0n) is 24.5. The average Bonchev–Trinajstić information content (AvgIpc) is 3.49. The molecule has 5 aromatic rings. The van der Waals surface area contributed by atoms with Gasteiger partial charge in [-0.2, -0.15) is 0 Å². The molecule has 6 rings (SSSR count). The lowest BCUT2D eigenvalue weighted by Crippen LogP contribution is -2.45. The molecule has 0 radical (unpaired) electrons. The van der Waals surface area contributed by atoms with Crippen LogP contribution in [-0.4, -0.2) is 35.3 Å². The first-order valence-corrected chi connectivity index (χ1v) is 18.0. The number of nitrogens with one attached hydrogen (secondary N) is 1. The minimum atomic E-state index is -0.642. The maximum Gasteiger partial charge on any atom is 0.318 e. The molecule has 1 aliphatic rings. The van der Waals surface area contributed by atoms with Crippen molar-refractivity contribution >= 4 is 43.1 Å². The van der Waals surface area contributed by atoms with Crippen molar-refractivity contribution in [1.82, 2.24) is 10.2 Å². The number of benzene rings is 5. The quantitative estimate of drug-likeness (QED) is 0.179. The predicted molar refractivity (Wildman–Crippen MR) is 185 cm³/mol. The molecule has 0 bridgehead atoms. The summed E-state index contributed by atoms with van der Waals surface area (Å²) in [6.45, 7) is 2.83. The van der Waals surface area contributed by atoms with Crippen LogP contribution in [0, 0.1) is 0 Å². The zero-order chi connectivity index (χ0) is 29.4. The molecule has 1 unspecified atom stereocenters. The van der Waals surface area contributed by atoms with Crippen molar-refractivity contribution < 1.29 is 4.79 Å². The lowest BCUT2D eigenvalue weighted by Gasteiger charge is -2.30. The fourth-order valence-electron chi connectivity index (χ4n) is 6.13. The van der Waals surface area contributed by atoms with Gasteiger partial charge in [0.05, 0.1) is 6.04 Å². The third kappa shape index (κ3) is 7.07. The van der Waals surface area contributed by atoms with E-state index >= 15 is 0 Å². The molecule has 1 heterocycles. The number of carbonyl (C=O) groups is 1. The summed E-state index contributed by atoms with van der Waals surface area (Å²) < 4.78 is 0. The summed E-state index contributed by atoms with van der Waals surface area (Å²) in [7, 11) is -1.28. The summed E-state index contributed by atoms with van der Waals surface area (Å²) in [6.07, 6.45) is 1.93. The van der Waals surface area contributed by atoms with Crippen LogP contribution in [0.1, 0.15) is 24.9 Å². The largest absolute Gasteiger partial charge is 0.331 e. The van der Waals surface area contributed by atoms with E-state index in [2.05, 4.69) is 151 Å². The Bertz CT molecular complexity index is 1490. The van der Waals surface area contributed by atoms with E-state index in [0.29, 0.717) is 5.66 Å². The van der Waals surface area contributed by atoms with E-state index in [0.717, 1.165) is 24.7 Å². The van der Waals surface area contributed by atoms with Crippen LogP contribution in [0.5, 0.6) is 0 Å². The van der Waals surface area contributed by atoms with E-state index in [1.54, 1.807) is 0 Å². The van der Waals surface area contributed by atoms with Gasteiger partial charge in [0.1, 0.15) is 0 Å². The molecule has 0 aliphatic carbocycles. The lowest BCUT2D eigenvalue weighted by atomic mass is 10.1. The Balaban J connectivity index is 1.35. The highest BCUT2D eigenvalue weighted by molar-refractivity contribution is 7.74. The van der Waals surface area contributed by atoms with E-state index in [-0.39, 0.29) is 18.1 Å². The predicted octanol–water partition coefficient (Wildman–Crippen LogP) is 7.17. The van der Waals surface area contributed by atoms with E-state index in [4.69, 9.17) is 0 Å². The fraction of sp³-hybridized carbons (Fsp3) is 0.184. The molecule has 1 aliphatic heterocycles. The van der Waals surface area contributed by atoms with Gasteiger partial charge in [0, 0.05) is 18.2 Å². The number of hydrogen-bond donors (Lipinski definition) is 1. The van der Waals surface area contributed by atoms with E-state index in [1.807, 2.05) is 18.2 Å². The minimum absolute atomic E-state index is 0.0380. The van der Waals surface area contributed by atoms with Gasteiger partial charge in [-0.3, -0.25) is 0 Å². The van der Waals surface area contributed by atoms with E-state index < -0.39 is 15.8 Å². The van der Waals surface area contributed by atoms with Crippen molar-refractivity contribution in [2.75, 3.05) is 12.7 Å². The highest BCUT2D eigenvalue weighted by Gasteiger charge is 2.41. The summed E-state index contributed by atoms with van der Waals surface area (Å²) in [5, 5.41) is 8.83. The van der Waals surface area contributed by atoms with Gasteiger partial charge in [-0.05, 0) is 62.1 Å². The number of carbonyl (C=O) groups excluding carboxylic acids is 1. The van der Waals surface area contributed by atoms with Crippen LogP contribution in [0.4, 0.5) is 4.79 Å². The van der Waals surface area contributed by atoms with Gasteiger partial charge >= 0.3 is 6.03 Å². The topological polar surface area (TPSA) is 32.3 Å². The maximum absolute atomic E-state index is 14.2. The first-order chi connectivity index (χ1) is 21.2. The third-order valence-corrected chi connectivity index (χ3v) is 13.7. The van der Waals surface area contributed by atoms with E-state index in [9.17, 15) is 4.79 Å². The Labute approximate surface area is 258 Å². The highest BCUT2D eigenvalue weighted by Crippen LogP contribution is 2.48. The molecule has 3 nitrogen and oxygen atoms in total. The molecular formula is C38H38N2OP2. The number of urea groups is 1. The standard InChI is InChI=1S/C38H38N2OP2/c1-30(31-17-7-2-8-18-31)39-38(41)40-28-37(43(35-23-13-5-14-24-35)36-25-15-6-16-26-36)27-32(40)29-42(33-19-9-3-10-20-33)34-21-11-4-12-22-34/h2-26,30,32,37H,27-29H2,1H3,(H,39,41)/t30?,32-,37-/m0/s1. The number of nitrogens with zero attached hydrogens (tertiary/aromatic N) is 1. The second-order valence-electron chi connectivity index (χ2n) is 11.1. The fourth-order valence-corrected chi connectivity index (χ4v) is 11.6. The van der Waals surface area contributed by atoms with Crippen molar-refractivity contribution in [3.63, 3.8) is 0 Å². The molecule has 5 heteroatoms. The average molecular weight is 601 g/mol. The van der Waals surface area contributed by atoms with Gasteiger partial charge in [-0.25, -0.2) is 4.79 Å². The van der Waals surface area contributed by atoms with Gasteiger partial charge in [0.15, 0.2) is 0 Å². The summed E-state index contributed by atoms with van der Waals surface area (Å²) >= 11 is 0. The zero-order valence-corrected chi connectivity index (χ0v) is 26.3. The molecule has 5 aromatic carbocycles. The van der Waals surface area contributed by atoms with Crippen LogP contribution in [0.2, 0.25) is 0 Å². The molecule has 0 saturated carbocycles. The normalized spacial score (nSPS) is 17.2. The second kappa shape index (κ2) is 14.1. The van der Waals surface area contributed by atoms with Crippen LogP contribution >= 0.6 is 15.8 Å². The highest BCUT2D eigenvalue weighted by atomic mass is 31.1. The molecule has 1 N–H and O–H groups in total. The second-order valence-corrected chi connectivity index (χ2v) is 15.9. The Morgan fingerprint density at radius 2 is 1.09 bits per heavy atom. The molecule has 0 spiro atoms. The van der Waals surface area contributed by atoms with Crippen molar-refractivity contribution in [3.8, 4) is 0 Å². The van der Waals surface area contributed by atoms with E-state index in [1.165, 1.54) is 21.2 Å². The minimum Gasteiger partial charge on any atom is -0.331 e. The Kier molecular flexibility index (Phi) is 9.63. The summed E-state index contributed by atoms with van der Waals surface area (Å²) in [6, 6.07) is 54.0.